The lowest BCUT2D eigenvalue weighted by Crippen LogP contribution is -2.42. The average molecular weight is 757 g/mol. The second-order valence-corrected chi connectivity index (χ2v) is 15.7. The number of carboxylic acids is 1. The van der Waals surface area contributed by atoms with Crippen molar-refractivity contribution in [1.82, 2.24) is 4.72 Å². The van der Waals surface area contributed by atoms with Crippen LogP contribution in [0.1, 0.15) is 33.9 Å². The molecule has 4 aromatic carbocycles. The number of nitrogens with zero attached hydrogens (tertiary/aromatic N) is 2. The third kappa shape index (κ3) is 6.78. The first-order valence-corrected chi connectivity index (χ1v) is 18.5. The Morgan fingerprint density at radius 1 is 0.958 bits per heavy atom. The molecule has 0 saturated heterocycles. The minimum absolute atomic E-state index is 0.0210. The number of sulfonamides is 2. The van der Waals surface area contributed by atoms with Crippen LogP contribution in [0.5, 0.6) is 5.75 Å². The van der Waals surface area contributed by atoms with Crippen LogP contribution >= 0.6 is 15.9 Å². The van der Waals surface area contributed by atoms with Crippen LogP contribution in [0, 0.1) is 20.8 Å². The van der Waals surface area contributed by atoms with E-state index in [-0.39, 0.29) is 32.9 Å². The molecule has 1 atom stereocenters. The molecule has 1 heterocycles. The SMILES string of the molecule is COc1cccc(C(C(=O)NS(=O)(=O)c2ccccc2Br)N2CCc3c2cccc3N(CC(=O)O)S(=O)(=O)c2c(C)cc(C)cc2C)c1. The Hall–Kier alpha value is -4.40. The molecule has 1 unspecified atom stereocenters. The largest absolute Gasteiger partial charge is 0.497 e. The van der Waals surface area contributed by atoms with Gasteiger partial charge in [-0.25, -0.2) is 21.6 Å². The number of anilines is 2. The number of carbonyl (C=O) groups is 2. The summed E-state index contributed by atoms with van der Waals surface area (Å²) < 4.78 is 64.1. The molecule has 252 valence electrons. The molecular weight excluding hydrogens is 722 g/mol. The molecule has 11 nitrogen and oxygen atoms in total. The Kier molecular flexibility index (Phi) is 9.90. The third-order valence-electron chi connectivity index (χ3n) is 8.07. The Morgan fingerprint density at radius 3 is 2.27 bits per heavy atom. The van der Waals surface area contributed by atoms with E-state index < -0.39 is 44.5 Å². The van der Waals surface area contributed by atoms with Gasteiger partial charge in [0.1, 0.15) is 23.2 Å². The molecule has 0 bridgehead atoms. The van der Waals surface area contributed by atoms with Crippen molar-refractivity contribution in [3.8, 4) is 5.75 Å². The van der Waals surface area contributed by atoms with E-state index in [4.69, 9.17) is 4.74 Å². The Balaban J connectivity index is 1.63. The minimum Gasteiger partial charge on any atom is -0.497 e. The first kappa shape index (κ1) is 34.9. The predicted octanol–water partition coefficient (Wildman–Crippen LogP) is 5.27. The lowest BCUT2D eigenvalue weighted by atomic mass is 10.0. The highest BCUT2D eigenvalue weighted by molar-refractivity contribution is 9.10. The van der Waals surface area contributed by atoms with Crippen LogP contribution in [-0.2, 0) is 36.1 Å². The number of carboxylic acid groups (broad SMARTS) is 1. The van der Waals surface area contributed by atoms with Gasteiger partial charge < -0.3 is 14.7 Å². The molecule has 0 saturated carbocycles. The molecule has 1 aliphatic heterocycles. The number of nitrogens with one attached hydrogen (secondary N) is 1. The quantitative estimate of drug-likeness (QED) is 0.209. The molecule has 14 heteroatoms. The van der Waals surface area contributed by atoms with E-state index in [0.29, 0.717) is 33.7 Å². The van der Waals surface area contributed by atoms with Crippen LogP contribution in [0.4, 0.5) is 11.4 Å². The van der Waals surface area contributed by atoms with E-state index in [2.05, 4.69) is 20.7 Å². The molecule has 5 rings (SSSR count). The molecule has 1 aliphatic rings. The van der Waals surface area contributed by atoms with Crippen LogP contribution in [0.25, 0.3) is 0 Å². The number of methoxy groups -OCH3 is 1. The monoisotopic (exact) mass is 755 g/mol. The van der Waals surface area contributed by atoms with Gasteiger partial charge in [0.25, 0.3) is 26.0 Å². The summed E-state index contributed by atoms with van der Waals surface area (Å²) >= 11 is 3.24. The Labute approximate surface area is 288 Å². The maximum Gasteiger partial charge on any atom is 0.324 e. The summed E-state index contributed by atoms with van der Waals surface area (Å²) in [6, 6.07) is 19.9. The summed E-state index contributed by atoms with van der Waals surface area (Å²) in [5, 5.41) is 9.88. The molecular formula is C34H34BrN3O8S2. The van der Waals surface area contributed by atoms with Crippen molar-refractivity contribution < 1.29 is 36.3 Å². The Bertz CT molecular complexity index is 2110. The first-order chi connectivity index (χ1) is 22.6. The van der Waals surface area contributed by atoms with E-state index >= 15 is 0 Å². The van der Waals surface area contributed by atoms with Gasteiger partial charge in [0.05, 0.1) is 17.7 Å². The number of aryl methyl sites for hydroxylation is 3. The fourth-order valence-corrected chi connectivity index (χ4v) is 10.1. The molecule has 0 aliphatic carbocycles. The van der Waals surface area contributed by atoms with Crippen molar-refractivity contribution in [1.29, 1.82) is 0 Å². The van der Waals surface area contributed by atoms with Gasteiger partial charge >= 0.3 is 5.97 Å². The van der Waals surface area contributed by atoms with E-state index in [1.807, 2.05) is 6.92 Å². The Morgan fingerprint density at radius 2 is 1.62 bits per heavy atom. The maximum absolute atomic E-state index is 14.3. The van der Waals surface area contributed by atoms with Crippen molar-refractivity contribution >= 4 is 59.2 Å². The summed E-state index contributed by atoms with van der Waals surface area (Å²) in [6.07, 6.45) is 0.244. The van der Waals surface area contributed by atoms with Crippen LogP contribution in [0.2, 0.25) is 0 Å². The van der Waals surface area contributed by atoms with Gasteiger partial charge in [-0.05, 0) is 96.2 Å². The van der Waals surface area contributed by atoms with Gasteiger partial charge in [-0.3, -0.25) is 13.9 Å². The number of hydrogen-bond donors (Lipinski definition) is 2. The highest BCUT2D eigenvalue weighted by Gasteiger charge is 2.39. The number of halogens is 1. The zero-order chi connectivity index (χ0) is 35.0. The number of benzene rings is 4. The fraction of sp³-hybridized carbons (Fsp3) is 0.235. The van der Waals surface area contributed by atoms with Crippen molar-refractivity contribution in [3.63, 3.8) is 0 Å². The number of fused-ring (bicyclic) bond motifs is 1. The number of ether oxygens (including phenoxy) is 1. The van der Waals surface area contributed by atoms with Gasteiger partial charge in [-0.1, -0.05) is 48.0 Å². The van der Waals surface area contributed by atoms with Gasteiger partial charge in [-0.2, -0.15) is 0 Å². The summed E-state index contributed by atoms with van der Waals surface area (Å²) in [5.41, 5.74) is 3.37. The molecule has 4 aromatic rings. The van der Waals surface area contributed by atoms with Crippen molar-refractivity contribution in [3.05, 3.63) is 111 Å². The highest BCUT2D eigenvalue weighted by Crippen LogP contribution is 2.42. The summed E-state index contributed by atoms with van der Waals surface area (Å²) in [6.45, 7) is 4.55. The molecule has 48 heavy (non-hydrogen) atoms. The molecule has 0 aromatic heterocycles. The second kappa shape index (κ2) is 13.6. The number of aliphatic carboxylic acids is 1. The van der Waals surface area contributed by atoms with Crippen molar-refractivity contribution in [2.75, 3.05) is 29.4 Å². The molecule has 0 fully saturated rings. The van der Waals surface area contributed by atoms with Crippen LogP contribution in [-0.4, -0.2) is 54.0 Å². The van der Waals surface area contributed by atoms with Crippen LogP contribution in [0.15, 0.2) is 93.1 Å². The molecule has 1 amide bonds. The van der Waals surface area contributed by atoms with Crippen molar-refractivity contribution in [2.24, 2.45) is 0 Å². The van der Waals surface area contributed by atoms with Gasteiger partial charge in [0.2, 0.25) is 0 Å². The third-order valence-corrected chi connectivity index (χ3v) is 12.5. The zero-order valence-electron chi connectivity index (χ0n) is 26.6. The molecule has 0 spiro atoms. The van der Waals surface area contributed by atoms with E-state index in [9.17, 15) is 31.5 Å². The standard InChI is InChI=1S/C34H34BrN3O8S2/c1-21-17-22(2)33(23(3)18-21)48(44,45)38(20-31(39)40)29-13-8-12-28-26(29)15-16-37(28)32(24-9-7-10-25(19-24)46-4)34(41)36-47(42,43)30-14-6-5-11-27(30)35/h5-14,17-19,32H,15-16,20H2,1-4H3,(H,36,41)(H,39,40). The summed E-state index contributed by atoms with van der Waals surface area (Å²) in [7, 11) is -7.22. The number of rotatable bonds is 11. The first-order valence-electron chi connectivity index (χ1n) is 14.8. The summed E-state index contributed by atoms with van der Waals surface area (Å²) in [4.78, 5) is 27.8. The average Bonchev–Trinajstić information content (AvgIpc) is 3.43. The van der Waals surface area contributed by atoms with Gasteiger partial charge in [-0.15, -0.1) is 0 Å². The van der Waals surface area contributed by atoms with Crippen molar-refractivity contribution in [2.45, 2.75) is 43.0 Å². The second-order valence-electron chi connectivity index (χ2n) is 11.4. The number of carbonyl (C=O) groups excluding carboxylic acids is 1. The normalized spacial score (nSPS) is 13.5. The minimum atomic E-state index is -4.37. The van der Waals surface area contributed by atoms with Crippen LogP contribution in [0.3, 0.4) is 0 Å². The van der Waals surface area contributed by atoms with Gasteiger partial charge in [0, 0.05) is 22.3 Å². The zero-order valence-corrected chi connectivity index (χ0v) is 29.8. The predicted molar refractivity (Wildman–Crippen MR) is 186 cm³/mol. The molecule has 2 N–H and O–H groups in total. The number of amides is 1. The van der Waals surface area contributed by atoms with E-state index in [1.165, 1.54) is 19.2 Å². The lowest BCUT2D eigenvalue weighted by Gasteiger charge is -2.31. The van der Waals surface area contributed by atoms with Crippen LogP contribution < -0.4 is 18.7 Å². The number of hydrogen-bond acceptors (Lipinski definition) is 8. The molecule has 0 radical (unpaired) electrons. The highest BCUT2D eigenvalue weighted by atomic mass is 79.9. The van der Waals surface area contributed by atoms with E-state index in [0.717, 1.165) is 9.87 Å². The maximum atomic E-state index is 14.3. The lowest BCUT2D eigenvalue weighted by molar-refractivity contribution is -0.135. The summed E-state index contributed by atoms with van der Waals surface area (Å²) in [5.74, 6) is -1.76. The fourth-order valence-electron chi connectivity index (χ4n) is 6.24. The van der Waals surface area contributed by atoms with Gasteiger partial charge in [0.15, 0.2) is 0 Å². The van der Waals surface area contributed by atoms with E-state index in [1.54, 1.807) is 85.5 Å². The topological polar surface area (TPSA) is 150 Å². The smallest absolute Gasteiger partial charge is 0.324 e.